The zero-order chi connectivity index (χ0) is 14.0. The molecule has 100 valence electrons. The highest BCUT2D eigenvalue weighted by atomic mass is 16.2. The summed E-state index contributed by atoms with van der Waals surface area (Å²) in [6.45, 7) is 2.33. The molecule has 2 heterocycles. The van der Waals surface area contributed by atoms with Crippen LogP contribution in [0.25, 0.3) is 0 Å². The zero-order valence-electron chi connectivity index (χ0n) is 11.0. The molecule has 0 bridgehead atoms. The number of hydrogen-bond acceptors (Lipinski definition) is 5. The second-order valence-corrected chi connectivity index (χ2v) is 4.28. The van der Waals surface area contributed by atoms with Crippen molar-refractivity contribution < 1.29 is 0 Å². The standard InChI is InChI=1S/C12H15N5O2/c1-8-4-5-9(6-13-8)7-14-10-11(18)16(2)12(19)17(3)15-10/h4-6H,7H2,1-3H3,(H,14,15). The molecule has 0 aliphatic rings. The molecule has 0 amide bonds. The topological polar surface area (TPSA) is 81.8 Å². The summed E-state index contributed by atoms with van der Waals surface area (Å²) >= 11 is 0. The van der Waals surface area contributed by atoms with Crippen molar-refractivity contribution in [3.63, 3.8) is 0 Å². The lowest BCUT2D eigenvalue weighted by Crippen LogP contribution is -2.39. The monoisotopic (exact) mass is 261 g/mol. The molecule has 0 saturated heterocycles. The van der Waals surface area contributed by atoms with E-state index in [1.54, 1.807) is 6.20 Å². The molecule has 2 rings (SSSR count). The fraction of sp³-hybridized carbons (Fsp3) is 0.333. The highest BCUT2D eigenvalue weighted by Crippen LogP contribution is 2.01. The number of nitrogens with zero attached hydrogens (tertiary/aromatic N) is 4. The maximum atomic E-state index is 11.8. The average Bonchev–Trinajstić information content (AvgIpc) is 2.41. The Morgan fingerprint density at radius 1 is 1.26 bits per heavy atom. The first-order valence-corrected chi connectivity index (χ1v) is 5.79. The third kappa shape index (κ3) is 2.70. The first-order valence-electron chi connectivity index (χ1n) is 5.79. The summed E-state index contributed by atoms with van der Waals surface area (Å²) in [6.07, 6.45) is 1.73. The van der Waals surface area contributed by atoms with Crippen LogP contribution in [0.4, 0.5) is 5.82 Å². The van der Waals surface area contributed by atoms with E-state index >= 15 is 0 Å². The van der Waals surface area contributed by atoms with Crippen LogP contribution in [-0.4, -0.2) is 19.3 Å². The SMILES string of the molecule is Cc1ccc(CNc2nn(C)c(=O)n(C)c2=O)cn1. The van der Waals surface area contributed by atoms with Crippen molar-refractivity contribution in [1.82, 2.24) is 19.3 Å². The average molecular weight is 261 g/mol. The Balaban J connectivity index is 2.23. The first-order chi connectivity index (χ1) is 8.99. The quantitative estimate of drug-likeness (QED) is 0.827. The molecule has 0 aliphatic heterocycles. The molecule has 0 atom stereocenters. The second kappa shape index (κ2) is 5.05. The molecule has 0 fully saturated rings. The maximum Gasteiger partial charge on any atom is 0.346 e. The Labute approximate surface area is 109 Å². The smallest absolute Gasteiger partial charge is 0.346 e. The Kier molecular flexibility index (Phi) is 3.46. The zero-order valence-corrected chi connectivity index (χ0v) is 11.0. The van der Waals surface area contributed by atoms with Crippen LogP contribution in [-0.2, 0) is 20.6 Å². The van der Waals surface area contributed by atoms with Crippen LogP contribution < -0.4 is 16.6 Å². The van der Waals surface area contributed by atoms with E-state index in [0.717, 1.165) is 20.5 Å². The largest absolute Gasteiger partial charge is 0.360 e. The van der Waals surface area contributed by atoms with E-state index < -0.39 is 11.2 Å². The molecule has 0 aliphatic carbocycles. The fourth-order valence-corrected chi connectivity index (χ4v) is 1.60. The van der Waals surface area contributed by atoms with Gasteiger partial charge in [0, 0.05) is 32.5 Å². The number of anilines is 1. The van der Waals surface area contributed by atoms with Crippen molar-refractivity contribution in [2.75, 3.05) is 5.32 Å². The first kappa shape index (κ1) is 13.0. The second-order valence-electron chi connectivity index (χ2n) is 4.28. The van der Waals surface area contributed by atoms with Crippen LogP contribution in [0.5, 0.6) is 0 Å². The van der Waals surface area contributed by atoms with Gasteiger partial charge in [-0.15, -0.1) is 5.10 Å². The maximum absolute atomic E-state index is 11.8. The summed E-state index contributed by atoms with van der Waals surface area (Å²) in [5.41, 5.74) is 0.971. The summed E-state index contributed by atoms with van der Waals surface area (Å²) in [7, 11) is 2.92. The number of pyridine rings is 1. The van der Waals surface area contributed by atoms with Gasteiger partial charge in [0.15, 0.2) is 0 Å². The van der Waals surface area contributed by atoms with Crippen molar-refractivity contribution >= 4 is 5.82 Å². The van der Waals surface area contributed by atoms with Crippen molar-refractivity contribution in [3.8, 4) is 0 Å². The lowest BCUT2D eigenvalue weighted by atomic mass is 10.2. The number of aromatic nitrogens is 4. The van der Waals surface area contributed by atoms with E-state index in [1.807, 2.05) is 19.1 Å². The Morgan fingerprint density at radius 2 is 2.00 bits per heavy atom. The minimum atomic E-state index is -0.451. The lowest BCUT2D eigenvalue weighted by molar-refractivity contribution is 0.604. The predicted molar refractivity (Wildman–Crippen MR) is 71.0 cm³/mol. The van der Waals surface area contributed by atoms with Gasteiger partial charge in [0.1, 0.15) is 0 Å². The molecule has 0 spiro atoms. The van der Waals surface area contributed by atoms with Crippen LogP contribution in [0.3, 0.4) is 0 Å². The fourth-order valence-electron chi connectivity index (χ4n) is 1.60. The molecule has 1 N–H and O–H groups in total. The van der Waals surface area contributed by atoms with E-state index in [9.17, 15) is 9.59 Å². The van der Waals surface area contributed by atoms with Crippen LogP contribution in [0.1, 0.15) is 11.3 Å². The van der Waals surface area contributed by atoms with Gasteiger partial charge in [-0.3, -0.25) is 14.3 Å². The van der Waals surface area contributed by atoms with E-state index in [1.165, 1.54) is 14.1 Å². The molecule has 2 aromatic heterocycles. The van der Waals surface area contributed by atoms with Gasteiger partial charge < -0.3 is 5.32 Å². The van der Waals surface area contributed by atoms with Gasteiger partial charge in [-0.25, -0.2) is 9.48 Å². The van der Waals surface area contributed by atoms with Crippen LogP contribution in [0.2, 0.25) is 0 Å². The van der Waals surface area contributed by atoms with Crippen molar-refractivity contribution in [2.45, 2.75) is 13.5 Å². The minimum Gasteiger partial charge on any atom is -0.360 e. The molecule has 0 radical (unpaired) electrons. The van der Waals surface area contributed by atoms with Gasteiger partial charge in [-0.05, 0) is 18.6 Å². The number of aryl methyl sites for hydroxylation is 2. The summed E-state index contributed by atoms with van der Waals surface area (Å²) in [4.78, 5) is 27.5. The molecular weight excluding hydrogens is 246 g/mol. The summed E-state index contributed by atoms with van der Waals surface area (Å²) in [5, 5.41) is 6.82. The number of rotatable bonds is 3. The van der Waals surface area contributed by atoms with Gasteiger partial charge in [0.25, 0.3) is 5.56 Å². The van der Waals surface area contributed by atoms with Gasteiger partial charge in [-0.1, -0.05) is 6.07 Å². The van der Waals surface area contributed by atoms with Crippen molar-refractivity contribution in [3.05, 3.63) is 50.4 Å². The molecule has 0 unspecified atom stereocenters. The minimum absolute atomic E-state index is 0.144. The number of hydrogen-bond donors (Lipinski definition) is 1. The molecule has 0 aromatic carbocycles. The third-order valence-electron chi connectivity index (χ3n) is 2.75. The molecular formula is C12H15N5O2. The molecule has 2 aromatic rings. The predicted octanol–water partition coefficient (Wildman–Crippen LogP) is -0.205. The van der Waals surface area contributed by atoms with Crippen LogP contribution in [0, 0.1) is 6.92 Å². The Hall–Kier alpha value is -2.44. The van der Waals surface area contributed by atoms with Crippen molar-refractivity contribution in [1.29, 1.82) is 0 Å². The van der Waals surface area contributed by atoms with Gasteiger partial charge in [-0.2, -0.15) is 0 Å². The Morgan fingerprint density at radius 3 is 2.63 bits per heavy atom. The summed E-state index contributed by atoms with van der Waals surface area (Å²) < 4.78 is 2.14. The molecule has 7 heteroatoms. The van der Waals surface area contributed by atoms with Gasteiger partial charge in [0.05, 0.1) is 0 Å². The van der Waals surface area contributed by atoms with Crippen molar-refractivity contribution in [2.24, 2.45) is 14.1 Å². The summed E-state index contributed by atoms with van der Waals surface area (Å²) in [6, 6.07) is 3.81. The molecule has 19 heavy (non-hydrogen) atoms. The van der Waals surface area contributed by atoms with Gasteiger partial charge >= 0.3 is 5.69 Å². The highest BCUT2D eigenvalue weighted by molar-refractivity contribution is 5.31. The van der Waals surface area contributed by atoms with Gasteiger partial charge in [0.2, 0.25) is 5.82 Å². The Bertz CT molecular complexity index is 700. The molecule has 7 nitrogen and oxygen atoms in total. The van der Waals surface area contributed by atoms with E-state index in [2.05, 4.69) is 15.4 Å². The molecule has 0 saturated carbocycles. The highest BCUT2D eigenvalue weighted by Gasteiger charge is 2.07. The number of nitrogens with one attached hydrogen (secondary N) is 1. The lowest BCUT2D eigenvalue weighted by Gasteiger charge is -2.07. The summed E-state index contributed by atoms with van der Waals surface area (Å²) in [5.74, 6) is 0.144. The van der Waals surface area contributed by atoms with Crippen LogP contribution in [0.15, 0.2) is 27.9 Å². The van der Waals surface area contributed by atoms with E-state index in [-0.39, 0.29) is 5.82 Å². The van der Waals surface area contributed by atoms with Crippen LogP contribution >= 0.6 is 0 Å². The normalized spacial score (nSPS) is 10.5. The van der Waals surface area contributed by atoms with E-state index in [4.69, 9.17) is 0 Å². The third-order valence-corrected chi connectivity index (χ3v) is 2.75. The van der Waals surface area contributed by atoms with E-state index in [0.29, 0.717) is 6.54 Å².